The second-order valence-corrected chi connectivity index (χ2v) is 8.03. The van der Waals surface area contributed by atoms with Crippen molar-refractivity contribution in [3.63, 3.8) is 0 Å². The smallest absolute Gasteiger partial charge is 0.191 e. The third kappa shape index (κ3) is 5.02. The van der Waals surface area contributed by atoms with Crippen molar-refractivity contribution >= 4 is 27.7 Å². The number of nitrogens with zero attached hydrogens (tertiary/aromatic N) is 3. The second-order valence-electron chi connectivity index (χ2n) is 6.17. The number of halogens is 1. The van der Waals surface area contributed by atoms with Crippen LogP contribution in [0.2, 0.25) is 0 Å². The highest BCUT2D eigenvalue weighted by atomic mass is 79.9. The van der Waals surface area contributed by atoms with E-state index in [1.54, 1.807) is 11.8 Å². The van der Waals surface area contributed by atoms with E-state index >= 15 is 0 Å². The molecule has 1 unspecified atom stereocenters. The predicted octanol–water partition coefficient (Wildman–Crippen LogP) is 5.97. The summed E-state index contributed by atoms with van der Waals surface area (Å²) in [4.78, 5) is 0. The maximum absolute atomic E-state index is 6.05. The largest absolute Gasteiger partial charge is 0.483 e. The molecule has 27 heavy (non-hydrogen) atoms. The summed E-state index contributed by atoms with van der Waals surface area (Å²) in [6.07, 6.45) is 1.64. The molecule has 4 nitrogen and oxygen atoms in total. The minimum absolute atomic E-state index is 0.216. The highest BCUT2D eigenvalue weighted by molar-refractivity contribution is 9.10. The van der Waals surface area contributed by atoms with Gasteiger partial charge in [0.2, 0.25) is 0 Å². The minimum atomic E-state index is -0.216. The molecule has 1 aromatic heterocycles. The Morgan fingerprint density at radius 1 is 1.19 bits per heavy atom. The maximum atomic E-state index is 6.05. The van der Waals surface area contributed by atoms with Gasteiger partial charge in [0.05, 0.1) is 0 Å². The van der Waals surface area contributed by atoms with Crippen molar-refractivity contribution in [2.75, 3.05) is 0 Å². The number of hydrogen-bond acceptors (Lipinski definition) is 4. The molecule has 0 aliphatic heterocycles. The van der Waals surface area contributed by atoms with Gasteiger partial charge in [-0.25, -0.2) is 0 Å². The number of aryl methyl sites for hydroxylation is 1. The molecule has 3 aromatic rings. The van der Waals surface area contributed by atoms with E-state index in [9.17, 15) is 0 Å². The Morgan fingerprint density at radius 3 is 2.63 bits per heavy atom. The lowest BCUT2D eigenvalue weighted by Crippen LogP contribution is -2.12. The third-order valence-corrected chi connectivity index (χ3v) is 5.71. The van der Waals surface area contributed by atoms with Crippen molar-refractivity contribution in [3.05, 3.63) is 82.6 Å². The van der Waals surface area contributed by atoms with E-state index in [-0.39, 0.29) is 6.10 Å². The van der Waals surface area contributed by atoms with Crippen LogP contribution in [0.4, 0.5) is 0 Å². The Kier molecular flexibility index (Phi) is 6.74. The van der Waals surface area contributed by atoms with Gasteiger partial charge in [0.15, 0.2) is 17.1 Å². The molecular weight excluding hydrogens is 422 g/mol. The number of aromatic nitrogens is 3. The average Bonchev–Trinajstić information content (AvgIpc) is 3.06. The second kappa shape index (κ2) is 9.24. The van der Waals surface area contributed by atoms with Crippen LogP contribution in [-0.4, -0.2) is 14.8 Å². The van der Waals surface area contributed by atoms with E-state index in [0.29, 0.717) is 6.54 Å². The molecule has 0 amide bonds. The highest BCUT2D eigenvalue weighted by Gasteiger charge is 2.19. The van der Waals surface area contributed by atoms with Crippen LogP contribution < -0.4 is 4.74 Å². The van der Waals surface area contributed by atoms with Crippen molar-refractivity contribution < 1.29 is 4.74 Å². The molecule has 140 valence electrons. The summed E-state index contributed by atoms with van der Waals surface area (Å²) < 4.78 is 9.14. The molecule has 0 fully saturated rings. The lowest BCUT2D eigenvalue weighted by Gasteiger charge is -2.16. The van der Waals surface area contributed by atoms with Crippen LogP contribution in [0.25, 0.3) is 0 Å². The van der Waals surface area contributed by atoms with Crippen LogP contribution in [0.1, 0.15) is 30.0 Å². The number of allylic oxidation sites excluding steroid dienone is 1. The van der Waals surface area contributed by atoms with E-state index in [1.807, 2.05) is 37.3 Å². The van der Waals surface area contributed by atoms with Gasteiger partial charge < -0.3 is 4.74 Å². The highest BCUT2D eigenvalue weighted by Crippen LogP contribution is 2.28. The molecular formula is C21H22BrN3OS. The summed E-state index contributed by atoms with van der Waals surface area (Å²) in [5.41, 5.74) is 2.59. The molecule has 1 heterocycles. The van der Waals surface area contributed by atoms with Crippen molar-refractivity contribution in [1.29, 1.82) is 0 Å². The number of ether oxygens (including phenoxy) is 1. The fraction of sp³-hybridized carbons (Fsp3) is 0.238. The van der Waals surface area contributed by atoms with Gasteiger partial charge >= 0.3 is 0 Å². The van der Waals surface area contributed by atoms with Gasteiger partial charge in [0, 0.05) is 16.8 Å². The normalized spacial score (nSPS) is 12.0. The first kappa shape index (κ1) is 19.7. The fourth-order valence-corrected chi connectivity index (χ4v) is 3.99. The van der Waals surface area contributed by atoms with E-state index < -0.39 is 0 Å². The zero-order valence-electron chi connectivity index (χ0n) is 15.4. The topological polar surface area (TPSA) is 39.9 Å². The summed E-state index contributed by atoms with van der Waals surface area (Å²) in [6, 6.07) is 16.2. The Labute approximate surface area is 172 Å². The van der Waals surface area contributed by atoms with Gasteiger partial charge in [-0.15, -0.1) is 16.8 Å². The summed E-state index contributed by atoms with van der Waals surface area (Å²) in [6.45, 7) is 8.63. The Morgan fingerprint density at radius 2 is 1.93 bits per heavy atom. The van der Waals surface area contributed by atoms with Crippen molar-refractivity contribution in [2.45, 2.75) is 37.4 Å². The van der Waals surface area contributed by atoms with E-state index in [4.69, 9.17) is 4.74 Å². The molecule has 0 aliphatic carbocycles. The quantitative estimate of drug-likeness (QED) is 0.317. The van der Waals surface area contributed by atoms with Crippen molar-refractivity contribution in [2.24, 2.45) is 0 Å². The molecule has 6 heteroatoms. The Bertz CT molecular complexity index is 908. The molecule has 3 rings (SSSR count). The fourth-order valence-electron chi connectivity index (χ4n) is 2.69. The Hall–Kier alpha value is -2.05. The number of benzene rings is 2. The molecule has 0 N–H and O–H groups in total. The first-order valence-corrected chi connectivity index (χ1v) is 10.5. The zero-order valence-corrected chi connectivity index (χ0v) is 17.8. The summed E-state index contributed by atoms with van der Waals surface area (Å²) in [5, 5.41) is 9.66. The van der Waals surface area contributed by atoms with Gasteiger partial charge in [0.1, 0.15) is 5.75 Å². The first-order valence-electron chi connectivity index (χ1n) is 8.72. The summed E-state index contributed by atoms with van der Waals surface area (Å²) >= 11 is 5.12. The SMILES string of the molecule is C=CCn1c(SCc2ccccc2C)nnc1C(C)Oc1ccc(Br)cc1. The van der Waals surface area contributed by atoms with E-state index in [1.165, 1.54) is 11.1 Å². The maximum Gasteiger partial charge on any atom is 0.191 e. The molecule has 0 bridgehead atoms. The average molecular weight is 444 g/mol. The van der Waals surface area contributed by atoms with Crippen LogP contribution in [0.15, 0.2) is 70.8 Å². The molecule has 2 aromatic carbocycles. The standard InChI is InChI=1S/C21H22BrN3OS/c1-4-13-25-20(16(3)26-19-11-9-18(22)10-12-19)23-24-21(25)27-14-17-8-6-5-7-15(17)2/h4-12,16H,1,13-14H2,2-3H3. The summed E-state index contributed by atoms with van der Waals surface area (Å²) in [7, 11) is 0. The number of rotatable bonds is 8. The van der Waals surface area contributed by atoms with Gasteiger partial charge in [-0.2, -0.15) is 0 Å². The molecule has 0 spiro atoms. The van der Waals surface area contributed by atoms with Crippen molar-refractivity contribution in [3.8, 4) is 5.75 Å². The van der Waals surface area contributed by atoms with Crippen LogP contribution in [0, 0.1) is 6.92 Å². The van der Waals surface area contributed by atoms with Crippen molar-refractivity contribution in [1.82, 2.24) is 14.8 Å². The zero-order chi connectivity index (χ0) is 19.2. The lowest BCUT2D eigenvalue weighted by molar-refractivity contribution is 0.210. The molecule has 0 saturated carbocycles. The van der Waals surface area contributed by atoms with Gasteiger partial charge in [-0.3, -0.25) is 4.57 Å². The number of hydrogen-bond donors (Lipinski definition) is 0. The predicted molar refractivity (Wildman–Crippen MR) is 114 cm³/mol. The van der Waals surface area contributed by atoms with Gasteiger partial charge in [-0.1, -0.05) is 58.0 Å². The van der Waals surface area contributed by atoms with E-state index in [2.05, 4.69) is 68.5 Å². The molecule has 1 atom stereocenters. The van der Waals surface area contributed by atoms with Gasteiger partial charge in [0.25, 0.3) is 0 Å². The monoisotopic (exact) mass is 443 g/mol. The molecule has 0 aliphatic rings. The first-order chi connectivity index (χ1) is 13.1. The lowest BCUT2D eigenvalue weighted by atomic mass is 10.1. The van der Waals surface area contributed by atoms with Crippen LogP contribution in [0.3, 0.4) is 0 Å². The Balaban J connectivity index is 1.76. The van der Waals surface area contributed by atoms with Crippen LogP contribution in [0.5, 0.6) is 5.75 Å². The van der Waals surface area contributed by atoms with Crippen LogP contribution >= 0.6 is 27.7 Å². The minimum Gasteiger partial charge on any atom is -0.483 e. The van der Waals surface area contributed by atoms with Gasteiger partial charge in [-0.05, 0) is 49.2 Å². The van der Waals surface area contributed by atoms with Crippen LogP contribution in [-0.2, 0) is 12.3 Å². The molecule has 0 saturated heterocycles. The molecule has 0 radical (unpaired) electrons. The number of thioether (sulfide) groups is 1. The summed E-state index contributed by atoms with van der Waals surface area (Å²) in [5.74, 6) is 2.45. The van der Waals surface area contributed by atoms with E-state index in [0.717, 1.165) is 27.0 Å². The third-order valence-electron chi connectivity index (χ3n) is 4.17.